The van der Waals surface area contributed by atoms with Crippen LogP contribution in [0.15, 0.2) is 60.7 Å². The van der Waals surface area contributed by atoms with Crippen molar-refractivity contribution in [2.45, 2.75) is 13.8 Å². The van der Waals surface area contributed by atoms with E-state index in [-0.39, 0.29) is 17.1 Å². The molecule has 3 aromatic carbocycles. The normalized spacial score (nSPS) is 12.1. The summed E-state index contributed by atoms with van der Waals surface area (Å²) in [5.41, 5.74) is 3.80. The molecule has 0 spiro atoms. The molecule has 0 saturated heterocycles. The van der Waals surface area contributed by atoms with Gasteiger partial charge in [-0.3, -0.25) is 14.4 Å². The number of nitrogens with one attached hydrogen (secondary N) is 1. The lowest BCUT2D eigenvalue weighted by Crippen LogP contribution is -2.23. The number of rotatable bonds is 4. The standard InChI is InChI=1S/C25H19NO5/c1-14-9-15(2)11-16(10-14)25(30)31-13-22(27)26-17-7-8-20-21(12-17)24(29)19-6-4-3-5-18(19)23(20)28/h3-12H,13H2,1-2H3,(H,26,27). The van der Waals surface area contributed by atoms with E-state index < -0.39 is 18.5 Å². The lowest BCUT2D eigenvalue weighted by Gasteiger charge is -2.18. The molecule has 0 atom stereocenters. The summed E-state index contributed by atoms with van der Waals surface area (Å²) >= 11 is 0. The molecule has 31 heavy (non-hydrogen) atoms. The summed E-state index contributed by atoms with van der Waals surface area (Å²) in [5, 5.41) is 2.60. The number of ketones is 2. The molecule has 154 valence electrons. The molecule has 1 N–H and O–H groups in total. The Bertz CT molecular complexity index is 1240. The number of hydrogen-bond acceptors (Lipinski definition) is 5. The number of fused-ring (bicyclic) bond motifs is 2. The number of anilines is 1. The molecule has 0 bridgehead atoms. The van der Waals surface area contributed by atoms with Gasteiger partial charge in [-0.2, -0.15) is 0 Å². The molecule has 0 fully saturated rings. The number of ether oxygens (including phenoxy) is 1. The predicted molar refractivity (Wildman–Crippen MR) is 115 cm³/mol. The maximum absolute atomic E-state index is 12.8. The van der Waals surface area contributed by atoms with Crippen molar-refractivity contribution in [1.29, 1.82) is 0 Å². The Kier molecular flexibility index (Phi) is 5.21. The number of amides is 1. The van der Waals surface area contributed by atoms with E-state index in [0.717, 1.165) is 11.1 Å². The Morgan fingerprint density at radius 1 is 0.774 bits per heavy atom. The summed E-state index contributed by atoms with van der Waals surface area (Å²) in [6.07, 6.45) is 0. The molecule has 1 amide bonds. The van der Waals surface area contributed by atoms with Crippen LogP contribution < -0.4 is 5.32 Å². The van der Waals surface area contributed by atoms with Gasteiger partial charge in [0.2, 0.25) is 0 Å². The molecule has 0 unspecified atom stereocenters. The van der Waals surface area contributed by atoms with Gasteiger partial charge < -0.3 is 10.1 Å². The fraction of sp³-hybridized carbons (Fsp3) is 0.120. The van der Waals surface area contributed by atoms with Crippen LogP contribution in [0.4, 0.5) is 5.69 Å². The van der Waals surface area contributed by atoms with E-state index in [2.05, 4.69) is 5.32 Å². The SMILES string of the molecule is Cc1cc(C)cc(C(=O)OCC(=O)Nc2ccc3c(c2)C(=O)c2ccccc2C3=O)c1. The Morgan fingerprint density at radius 3 is 2.00 bits per heavy atom. The van der Waals surface area contributed by atoms with Crippen LogP contribution in [0.25, 0.3) is 0 Å². The van der Waals surface area contributed by atoms with Crippen LogP contribution in [0.2, 0.25) is 0 Å². The minimum atomic E-state index is -0.593. The van der Waals surface area contributed by atoms with Gasteiger partial charge in [0.15, 0.2) is 18.2 Å². The lowest BCUT2D eigenvalue weighted by molar-refractivity contribution is -0.119. The summed E-state index contributed by atoms with van der Waals surface area (Å²) in [7, 11) is 0. The largest absolute Gasteiger partial charge is 0.452 e. The van der Waals surface area contributed by atoms with Crippen molar-refractivity contribution in [1.82, 2.24) is 0 Å². The zero-order chi connectivity index (χ0) is 22.1. The quantitative estimate of drug-likeness (QED) is 0.513. The van der Waals surface area contributed by atoms with Crippen LogP contribution in [0.1, 0.15) is 53.3 Å². The fourth-order valence-electron chi connectivity index (χ4n) is 3.68. The maximum Gasteiger partial charge on any atom is 0.338 e. The third-order valence-electron chi connectivity index (χ3n) is 5.00. The van der Waals surface area contributed by atoms with Crippen molar-refractivity contribution in [2.24, 2.45) is 0 Å². The average Bonchev–Trinajstić information content (AvgIpc) is 2.75. The third-order valence-corrected chi connectivity index (χ3v) is 5.00. The van der Waals surface area contributed by atoms with Crippen molar-refractivity contribution in [3.05, 3.63) is 99.6 Å². The number of benzene rings is 3. The van der Waals surface area contributed by atoms with Crippen molar-refractivity contribution in [3.8, 4) is 0 Å². The zero-order valence-electron chi connectivity index (χ0n) is 17.0. The number of esters is 1. The van der Waals surface area contributed by atoms with Crippen LogP contribution in [0.3, 0.4) is 0 Å². The van der Waals surface area contributed by atoms with E-state index in [1.165, 1.54) is 12.1 Å². The van der Waals surface area contributed by atoms with Gasteiger partial charge in [0.1, 0.15) is 0 Å². The lowest BCUT2D eigenvalue weighted by atomic mass is 9.84. The minimum Gasteiger partial charge on any atom is -0.452 e. The van der Waals surface area contributed by atoms with Gasteiger partial charge in [-0.1, -0.05) is 41.5 Å². The van der Waals surface area contributed by atoms with Gasteiger partial charge in [0, 0.05) is 27.9 Å². The molecule has 4 rings (SSSR count). The van der Waals surface area contributed by atoms with Crippen LogP contribution >= 0.6 is 0 Å². The van der Waals surface area contributed by atoms with Gasteiger partial charge in [-0.15, -0.1) is 0 Å². The van der Waals surface area contributed by atoms with Crippen molar-refractivity contribution < 1.29 is 23.9 Å². The fourth-order valence-corrected chi connectivity index (χ4v) is 3.68. The molecule has 0 saturated carbocycles. The zero-order valence-corrected chi connectivity index (χ0v) is 17.0. The summed E-state index contributed by atoms with van der Waals surface area (Å²) in [6.45, 7) is 3.27. The molecule has 1 aliphatic carbocycles. The molecule has 0 aliphatic heterocycles. The van der Waals surface area contributed by atoms with Gasteiger partial charge >= 0.3 is 5.97 Å². The van der Waals surface area contributed by atoms with Gasteiger partial charge in [0.25, 0.3) is 5.91 Å². The average molecular weight is 413 g/mol. The Labute approximate surface area is 178 Å². The first-order chi connectivity index (χ1) is 14.8. The number of carbonyl (C=O) groups excluding carboxylic acids is 4. The van der Waals surface area contributed by atoms with E-state index in [1.807, 2.05) is 19.9 Å². The first kappa shape index (κ1) is 20.2. The van der Waals surface area contributed by atoms with Crippen LogP contribution in [-0.2, 0) is 9.53 Å². The molecule has 0 radical (unpaired) electrons. The first-order valence-electron chi connectivity index (χ1n) is 9.71. The summed E-state index contributed by atoms with van der Waals surface area (Å²) in [4.78, 5) is 49.9. The van der Waals surface area contributed by atoms with Gasteiger partial charge in [-0.05, 0) is 44.2 Å². The van der Waals surface area contributed by atoms with E-state index in [0.29, 0.717) is 27.9 Å². The van der Waals surface area contributed by atoms with E-state index in [1.54, 1.807) is 42.5 Å². The Hall–Kier alpha value is -4.06. The molecular weight excluding hydrogens is 394 g/mol. The monoisotopic (exact) mass is 413 g/mol. The Morgan fingerprint density at radius 2 is 1.35 bits per heavy atom. The molecule has 0 aromatic heterocycles. The Balaban J connectivity index is 1.45. The van der Waals surface area contributed by atoms with Crippen LogP contribution in [-0.4, -0.2) is 30.0 Å². The summed E-state index contributed by atoms with van der Waals surface area (Å²) < 4.78 is 5.10. The molecule has 6 heteroatoms. The third kappa shape index (κ3) is 4.00. The summed E-state index contributed by atoms with van der Waals surface area (Å²) in [6, 6.07) is 16.5. The van der Waals surface area contributed by atoms with E-state index in [9.17, 15) is 19.2 Å². The molecule has 3 aromatic rings. The summed E-state index contributed by atoms with van der Waals surface area (Å²) in [5.74, 6) is -1.65. The van der Waals surface area contributed by atoms with E-state index in [4.69, 9.17) is 4.74 Å². The topological polar surface area (TPSA) is 89.5 Å². The second kappa shape index (κ2) is 7.99. The number of hydrogen-bond donors (Lipinski definition) is 1. The molecular formula is C25H19NO5. The highest BCUT2D eigenvalue weighted by Crippen LogP contribution is 2.29. The smallest absolute Gasteiger partial charge is 0.338 e. The van der Waals surface area contributed by atoms with E-state index >= 15 is 0 Å². The maximum atomic E-state index is 12.8. The van der Waals surface area contributed by atoms with Crippen LogP contribution in [0, 0.1) is 13.8 Å². The highest BCUT2D eigenvalue weighted by atomic mass is 16.5. The second-order valence-electron chi connectivity index (χ2n) is 7.46. The van der Waals surface area contributed by atoms with Crippen molar-refractivity contribution in [2.75, 3.05) is 11.9 Å². The van der Waals surface area contributed by atoms with Gasteiger partial charge in [0.05, 0.1) is 5.56 Å². The molecule has 0 heterocycles. The first-order valence-corrected chi connectivity index (χ1v) is 9.71. The minimum absolute atomic E-state index is 0.230. The highest BCUT2D eigenvalue weighted by molar-refractivity contribution is 6.28. The predicted octanol–water partition coefficient (Wildman–Crippen LogP) is 3.87. The number of aryl methyl sites for hydroxylation is 2. The molecule has 6 nitrogen and oxygen atoms in total. The van der Waals surface area contributed by atoms with Crippen LogP contribution in [0.5, 0.6) is 0 Å². The van der Waals surface area contributed by atoms with Crippen molar-refractivity contribution in [3.63, 3.8) is 0 Å². The molecule has 1 aliphatic rings. The van der Waals surface area contributed by atoms with Gasteiger partial charge in [-0.25, -0.2) is 4.79 Å². The number of carbonyl (C=O) groups is 4. The van der Waals surface area contributed by atoms with Crippen molar-refractivity contribution >= 4 is 29.1 Å². The second-order valence-corrected chi connectivity index (χ2v) is 7.46. The highest BCUT2D eigenvalue weighted by Gasteiger charge is 2.29.